The summed E-state index contributed by atoms with van der Waals surface area (Å²) in [5.74, 6) is 0.294. The van der Waals surface area contributed by atoms with Crippen LogP contribution in [0, 0.1) is 11.3 Å². The normalized spacial score (nSPS) is 11.8. The number of hydrogen-bond acceptors (Lipinski definition) is 6. The quantitative estimate of drug-likeness (QED) is 0.374. The van der Waals surface area contributed by atoms with Crippen LogP contribution in [0.3, 0.4) is 0 Å². The van der Waals surface area contributed by atoms with Crippen molar-refractivity contribution < 1.29 is 22.4 Å². The second-order valence-corrected chi connectivity index (χ2v) is 7.31. The number of hydrogen-bond donors (Lipinski definition) is 2. The number of nitrogens with one attached hydrogen (secondary N) is 1. The van der Waals surface area contributed by atoms with Crippen LogP contribution < -0.4 is 10.5 Å². The predicted octanol–water partition coefficient (Wildman–Crippen LogP) is 2.04. The molecule has 2 rings (SSSR count). The van der Waals surface area contributed by atoms with Gasteiger partial charge in [0.15, 0.2) is 0 Å². The minimum Gasteiger partial charge on any atom is -0.457 e. The lowest BCUT2D eigenvalue weighted by Gasteiger charge is -2.04. The number of furan rings is 1. The number of ether oxygens (including phenoxy) is 1. The first-order valence-corrected chi connectivity index (χ1v) is 10.1. The summed E-state index contributed by atoms with van der Waals surface area (Å²) in [6.45, 7) is 3.44. The molecule has 0 radical (unpaired) electrons. The average molecular weight is 403 g/mol. The molecular formula is C19H21N3O5S. The third-order valence-electron chi connectivity index (χ3n) is 3.70. The highest BCUT2D eigenvalue weighted by atomic mass is 32.2. The second-order valence-electron chi connectivity index (χ2n) is 5.75. The van der Waals surface area contributed by atoms with Crippen LogP contribution in [-0.4, -0.2) is 34.1 Å². The monoisotopic (exact) mass is 403 g/mol. The highest BCUT2D eigenvalue weighted by Crippen LogP contribution is 2.24. The number of primary sulfonamides is 1. The molecule has 8 nitrogen and oxygen atoms in total. The number of nitrogens with zero attached hydrogens (tertiary/aromatic N) is 1. The molecular weight excluding hydrogens is 382 g/mol. The number of sulfonamides is 1. The lowest BCUT2D eigenvalue weighted by molar-refractivity contribution is -0.117. The molecule has 0 saturated carbocycles. The zero-order valence-electron chi connectivity index (χ0n) is 15.3. The number of amides is 1. The number of nitrogens with two attached hydrogens (primary N) is 1. The molecule has 0 aliphatic heterocycles. The summed E-state index contributed by atoms with van der Waals surface area (Å²) in [7, 11) is -3.77. The van der Waals surface area contributed by atoms with E-state index in [-0.39, 0.29) is 10.5 Å². The Morgan fingerprint density at radius 2 is 2.00 bits per heavy atom. The van der Waals surface area contributed by atoms with E-state index in [0.717, 1.165) is 0 Å². The van der Waals surface area contributed by atoms with Gasteiger partial charge < -0.3 is 14.5 Å². The van der Waals surface area contributed by atoms with Crippen molar-refractivity contribution in [3.63, 3.8) is 0 Å². The van der Waals surface area contributed by atoms with Gasteiger partial charge in [0.05, 0.1) is 4.90 Å². The molecule has 0 spiro atoms. The van der Waals surface area contributed by atoms with Gasteiger partial charge in [-0.15, -0.1) is 0 Å². The van der Waals surface area contributed by atoms with Gasteiger partial charge in [0.25, 0.3) is 5.91 Å². The molecule has 28 heavy (non-hydrogen) atoms. The molecule has 0 aliphatic carbocycles. The van der Waals surface area contributed by atoms with Crippen LogP contribution in [0.1, 0.15) is 19.1 Å². The van der Waals surface area contributed by atoms with E-state index in [1.807, 2.05) is 13.0 Å². The Morgan fingerprint density at radius 3 is 2.61 bits per heavy atom. The van der Waals surface area contributed by atoms with E-state index in [1.165, 1.54) is 18.2 Å². The Kier molecular flexibility index (Phi) is 7.52. The first kappa shape index (κ1) is 21.4. The van der Waals surface area contributed by atoms with E-state index >= 15 is 0 Å². The second kappa shape index (κ2) is 9.85. The third-order valence-corrected chi connectivity index (χ3v) is 4.63. The minimum atomic E-state index is -3.77. The summed E-state index contributed by atoms with van der Waals surface area (Å²) in [5.41, 5.74) is 0.549. The van der Waals surface area contributed by atoms with Gasteiger partial charge in [0.1, 0.15) is 23.2 Å². The Hall–Kier alpha value is -2.93. The molecule has 1 aromatic heterocycles. The molecule has 0 unspecified atom stereocenters. The number of nitriles is 1. The van der Waals surface area contributed by atoms with Crippen molar-refractivity contribution in [1.82, 2.24) is 5.32 Å². The highest BCUT2D eigenvalue weighted by molar-refractivity contribution is 7.89. The number of rotatable bonds is 9. The van der Waals surface area contributed by atoms with Gasteiger partial charge in [-0.3, -0.25) is 4.79 Å². The molecule has 0 bridgehead atoms. The van der Waals surface area contributed by atoms with Crippen LogP contribution >= 0.6 is 0 Å². The van der Waals surface area contributed by atoms with E-state index < -0.39 is 15.9 Å². The molecule has 0 fully saturated rings. The summed E-state index contributed by atoms with van der Waals surface area (Å²) in [5, 5.41) is 16.9. The Bertz CT molecular complexity index is 985. The van der Waals surface area contributed by atoms with Crippen molar-refractivity contribution in [1.29, 1.82) is 5.26 Å². The summed E-state index contributed by atoms with van der Waals surface area (Å²) >= 11 is 0. The fraction of sp³-hybridized carbons (Fsp3) is 0.263. The summed E-state index contributed by atoms with van der Waals surface area (Å²) in [6.07, 6.45) is 2.00. The highest BCUT2D eigenvalue weighted by Gasteiger charge is 2.12. The maximum absolute atomic E-state index is 12.1. The smallest absolute Gasteiger partial charge is 0.262 e. The van der Waals surface area contributed by atoms with Crippen LogP contribution in [0.15, 0.2) is 51.3 Å². The number of benzene rings is 1. The molecule has 1 amide bonds. The molecule has 0 aliphatic rings. The minimum absolute atomic E-state index is 0.00398. The molecule has 1 aromatic carbocycles. The summed E-state index contributed by atoms with van der Waals surface area (Å²) in [6, 6.07) is 11.0. The van der Waals surface area contributed by atoms with Gasteiger partial charge in [0.2, 0.25) is 10.0 Å². The fourth-order valence-corrected chi connectivity index (χ4v) is 2.82. The van der Waals surface area contributed by atoms with Crippen molar-refractivity contribution in [2.45, 2.75) is 18.2 Å². The van der Waals surface area contributed by atoms with Gasteiger partial charge >= 0.3 is 0 Å². The summed E-state index contributed by atoms with van der Waals surface area (Å²) in [4.78, 5) is 12.1. The Labute approximate surface area is 163 Å². The van der Waals surface area contributed by atoms with Crippen molar-refractivity contribution >= 4 is 22.0 Å². The maximum atomic E-state index is 12.1. The van der Waals surface area contributed by atoms with E-state index in [1.54, 1.807) is 24.3 Å². The maximum Gasteiger partial charge on any atom is 0.262 e. The van der Waals surface area contributed by atoms with Crippen LogP contribution in [0.2, 0.25) is 0 Å². The molecule has 0 atom stereocenters. The largest absolute Gasteiger partial charge is 0.457 e. The molecule has 0 saturated heterocycles. The van der Waals surface area contributed by atoms with Crippen LogP contribution in [0.25, 0.3) is 17.4 Å². The first-order valence-electron chi connectivity index (χ1n) is 8.56. The van der Waals surface area contributed by atoms with Crippen LogP contribution in [-0.2, 0) is 19.6 Å². The van der Waals surface area contributed by atoms with E-state index in [4.69, 9.17) is 14.3 Å². The lowest BCUT2D eigenvalue weighted by atomic mass is 10.2. The first-order chi connectivity index (χ1) is 13.3. The van der Waals surface area contributed by atoms with Crippen molar-refractivity contribution in [2.24, 2.45) is 5.14 Å². The zero-order chi connectivity index (χ0) is 20.6. The molecule has 148 valence electrons. The van der Waals surface area contributed by atoms with Gasteiger partial charge in [-0.1, -0.05) is 0 Å². The van der Waals surface area contributed by atoms with E-state index in [9.17, 15) is 18.5 Å². The zero-order valence-corrected chi connectivity index (χ0v) is 16.2. The van der Waals surface area contributed by atoms with Gasteiger partial charge in [-0.05, 0) is 49.7 Å². The van der Waals surface area contributed by atoms with Crippen LogP contribution in [0.4, 0.5) is 0 Å². The van der Waals surface area contributed by atoms with Crippen LogP contribution in [0.5, 0.6) is 0 Å². The average Bonchev–Trinajstić information content (AvgIpc) is 3.14. The van der Waals surface area contributed by atoms with Crippen molar-refractivity contribution in [2.75, 3.05) is 19.8 Å². The fourth-order valence-electron chi connectivity index (χ4n) is 2.30. The molecule has 2 aromatic rings. The Morgan fingerprint density at radius 1 is 1.29 bits per heavy atom. The van der Waals surface area contributed by atoms with Gasteiger partial charge in [0, 0.05) is 31.4 Å². The SMILES string of the molecule is CCOCCCNC(=O)C(C#N)=Cc1ccc(-c2ccc(S(N)(=O)=O)cc2)o1. The predicted molar refractivity (Wildman–Crippen MR) is 103 cm³/mol. The number of carbonyl (C=O) groups excluding carboxylic acids is 1. The molecule has 1 heterocycles. The molecule has 9 heteroatoms. The van der Waals surface area contributed by atoms with Crippen molar-refractivity contribution in [3.8, 4) is 17.4 Å². The lowest BCUT2D eigenvalue weighted by Crippen LogP contribution is -2.26. The van der Waals surface area contributed by atoms with Crippen molar-refractivity contribution in [3.05, 3.63) is 47.7 Å². The standard InChI is InChI=1S/C19H21N3O5S/c1-2-26-11-3-10-22-19(23)15(13-20)12-16-6-9-18(27-16)14-4-7-17(8-5-14)28(21,24)25/h4-9,12H,2-3,10-11H2,1H3,(H,22,23)(H2,21,24,25). The number of carbonyl (C=O) groups is 1. The molecule has 3 N–H and O–H groups in total. The van der Waals surface area contributed by atoms with Gasteiger partial charge in [-0.2, -0.15) is 5.26 Å². The topological polar surface area (TPSA) is 135 Å². The van der Waals surface area contributed by atoms with E-state index in [0.29, 0.717) is 43.3 Å². The van der Waals surface area contributed by atoms with E-state index in [2.05, 4.69) is 5.32 Å². The Balaban J connectivity index is 2.07. The third kappa shape index (κ3) is 6.06. The summed E-state index contributed by atoms with van der Waals surface area (Å²) < 4.78 is 33.4. The van der Waals surface area contributed by atoms with Gasteiger partial charge in [-0.25, -0.2) is 13.6 Å².